The van der Waals surface area contributed by atoms with E-state index >= 15 is 0 Å². The molecule has 0 aliphatic carbocycles. The van der Waals surface area contributed by atoms with Crippen molar-refractivity contribution in [2.24, 2.45) is 0 Å². The summed E-state index contributed by atoms with van der Waals surface area (Å²) < 4.78 is 5.47. The Morgan fingerprint density at radius 1 is 1.18 bits per heavy atom. The fraction of sp³-hybridized carbons (Fsp3) is 0.231. The van der Waals surface area contributed by atoms with Gasteiger partial charge in [0, 0.05) is 20.4 Å². The van der Waals surface area contributed by atoms with Crippen molar-refractivity contribution in [1.82, 2.24) is 9.97 Å². The zero-order chi connectivity index (χ0) is 12.1. The van der Waals surface area contributed by atoms with Gasteiger partial charge in [0.25, 0.3) is 0 Å². The largest absolute Gasteiger partial charge is 0.373 e. The second kappa shape index (κ2) is 5.41. The minimum absolute atomic E-state index is 0.232. The summed E-state index contributed by atoms with van der Waals surface area (Å²) in [6, 6.07) is 11.8. The van der Waals surface area contributed by atoms with Gasteiger partial charge in [0.2, 0.25) is 0 Å². The van der Waals surface area contributed by atoms with E-state index in [1.807, 2.05) is 43.4 Å². The van der Waals surface area contributed by atoms with Gasteiger partial charge in [-0.05, 0) is 11.6 Å². The average molecular weight is 229 g/mol. The summed E-state index contributed by atoms with van der Waals surface area (Å²) in [5.74, 6) is 1.44. The number of hydrogen-bond donors (Lipinski definition) is 1. The van der Waals surface area contributed by atoms with Crippen LogP contribution in [0.15, 0.2) is 42.6 Å². The predicted octanol–water partition coefficient (Wildman–Crippen LogP) is 2.25. The summed E-state index contributed by atoms with van der Waals surface area (Å²) in [5, 5.41) is 2.99. The molecule has 1 N–H and O–H groups in total. The van der Waals surface area contributed by atoms with Crippen LogP contribution in [0.25, 0.3) is 0 Å². The standard InChI is InChI=1S/C13H15N3O/c1-14-11-8-9-15-13(16-11)12(17-2)10-6-4-3-5-7-10/h3-9,12H,1-2H3,(H,14,15,16). The number of nitrogens with zero attached hydrogens (tertiary/aromatic N) is 2. The third kappa shape index (κ3) is 2.60. The van der Waals surface area contributed by atoms with Crippen molar-refractivity contribution in [1.29, 1.82) is 0 Å². The Bertz CT molecular complexity index is 473. The molecular weight excluding hydrogens is 214 g/mol. The van der Waals surface area contributed by atoms with Crippen molar-refractivity contribution in [2.75, 3.05) is 19.5 Å². The van der Waals surface area contributed by atoms with E-state index in [2.05, 4.69) is 15.3 Å². The lowest BCUT2D eigenvalue weighted by Gasteiger charge is -2.14. The third-order valence-electron chi connectivity index (χ3n) is 2.50. The van der Waals surface area contributed by atoms with E-state index in [-0.39, 0.29) is 6.10 Å². The van der Waals surface area contributed by atoms with Gasteiger partial charge >= 0.3 is 0 Å². The van der Waals surface area contributed by atoms with Crippen LogP contribution in [0.3, 0.4) is 0 Å². The van der Waals surface area contributed by atoms with Crippen LogP contribution in [-0.2, 0) is 4.74 Å². The maximum absolute atomic E-state index is 5.47. The summed E-state index contributed by atoms with van der Waals surface area (Å²) in [5.41, 5.74) is 1.04. The monoisotopic (exact) mass is 229 g/mol. The van der Waals surface area contributed by atoms with Crippen molar-refractivity contribution in [3.63, 3.8) is 0 Å². The first-order valence-corrected chi connectivity index (χ1v) is 5.43. The Morgan fingerprint density at radius 2 is 1.94 bits per heavy atom. The normalized spacial score (nSPS) is 12.1. The van der Waals surface area contributed by atoms with Crippen LogP contribution in [0.1, 0.15) is 17.5 Å². The van der Waals surface area contributed by atoms with Crippen molar-refractivity contribution >= 4 is 5.82 Å². The number of nitrogens with one attached hydrogen (secondary N) is 1. The van der Waals surface area contributed by atoms with Gasteiger partial charge in [-0.15, -0.1) is 0 Å². The lowest BCUT2D eigenvalue weighted by Crippen LogP contribution is -2.09. The van der Waals surface area contributed by atoms with Crippen molar-refractivity contribution in [3.05, 3.63) is 54.0 Å². The van der Waals surface area contributed by atoms with Gasteiger partial charge in [0.05, 0.1) is 0 Å². The summed E-state index contributed by atoms with van der Waals surface area (Å²) >= 11 is 0. The van der Waals surface area contributed by atoms with Crippen LogP contribution in [0.2, 0.25) is 0 Å². The molecule has 0 saturated heterocycles. The Morgan fingerprint density at radius 3 is 2.59 bits per heavy atom. The quantitative estimate of drug-likeness (QED) is 0.873. The van der Waals surface area contributed by atoms with Crippen LogP contribution in [0, 0.1) is 0 Å². The molecule has 4 heteroatoms. The Kier molecular flexibility index (Phi) is 3.67. The number of benzene rings is 1. The lowest BCUT2D eigenvalue weighted by molar-refractivity contribution is 0.129. The molecule has 17 heavy (non-hydrogen) atoms. The highest BCUT2D eigenvalue weighted by molar-refractivity contribution is 5.33. The van der Waals surface area contributed by atoms with E-state index < -0.39 is 0 Å². The number of rotatable bonds is 4. The van der Waals surface area contributed by atoms with Crippen molar-refractivity contribution in [3.8, 4) is 0 Å². The minimum atomic E-state index is -0.232. The third-order valence-corrected chi connectivity index (χ3v) is 2.50. The van der Waals surface area contributed by atoms with Crippen LogP contribution >= 0.6 is 0 Å². The van der Waals surface area contributed by atoms with Gasteiger partial charge in [-0.3, -0.25) is 0 Å². The van der Waals surface area contributed by atoms with Gasteiger partial charge in [-0.25, -0.2) is 9.97 Å². The molecule has 0 amide bonds. The van der Waals surface area contributed by atoms with E-state index in [0.717, 1.165) is 11.4 Å². The number of hydrogen-bond acceptors (Lipinski definition) is 4. The molecule has 2 aromatic rings. The number of aromatic nitrogens is 2. The van der Waals surface area contributed by atoms with E-state index in [4.69, 9.17) is 4.74 Å². The first-order valence-electron chi connectivity index (χ1n) is 5.43. The second-order valence-electron chi connectivity index (χ2n) is 3.58. The first kappa shape index (κ1) is 11.5. The molecule has 1 unspecified atom stereocenters. The molecule has 2 rings (SSSR count). The number of methoxy groups -OCH3 is 1. The molecule has 0 aliphatic rings. The molecule has 0 radical (unpaired) electrons. The first-order chi connectivity index (χ1) is 8.35. The predicted molar refractivity (Wildman–Crippen MR) is 66.9 cm³/mol. The SMILES string of the molecule is CNc1ccnc(C(OC)c2ccccc2)n1. The van der Waals surface area contributed by atoms with E-state index in [1.165, 1.54) is 0 Å². The minimum Gasteiger partial charge on any atom is -0.373 e. The molecule has 1 aromatic carbocycles. The zero-order valence-corrected chi connectivity index (χ0v) is 9.92. The molecule has 0 spiro atoms. The van der Waals surface area contributed by atoms with E-state index in [0.29, 0.717) is 5.82 Å². The number of anilines is 1. The van der Waals surface area contributed by atoms with Crippen LogP contribution in [0.4, 0.5) is 5.82 Å². The Labute approximate surface area is 101 Å². The van der Waals surface area contributed by atoms with Gasteiger partial charge in [0.15, 0.2) is 5.82 Å². The smallest absolute Gasteiger partial charge is 0.164 e. The van der Waals surface area contributed by atoms with E-state index in [9.17, 15) is 0 Å². The molecule has 0 fully saturated rings. The van der Waals surface area contributed by atoms with Gasteiger partial charge in [-0.1, -0.05) is 30.3 Å². The summed E-state index contributed by atoms with van der Waals surface area (Å²) in [4.78, 5) is 8.65. The highest BCUT2D eigenvalue weighted by atomic mass is 16.5. The maximum atomic E-state index is 5.47. The van der Waals surface area contributed by atoms with Gasteiger partial charge < -0.3 is 10.1 Å². The highest BCUT2D eigenvalue weighted by Crippen LogP contribution is 2.22. The molecular formula is C13H15N3O. The van der Waals surface area contributed by atoms with Gasteiger partial charge in [-0.2, -0.15) is 0 Å². The fourth-order valence-corrected chi connectivity index (χ4v) is 1.66. The van der Waals surface area contributed by atoms with Crippen molar-refractivity contribution < 1.29 is 4.74 Å². The van der Waals surface area contributed by atoms with Crippen molar-refractivity contribution in [2.45, 2.75) is 6.10 Å². The molecule has 0 bridgehead atoms. The molecule has 88 valence electrons. The molecule has 1 atom stereocenters. The topological polar surface area (TPSA) is 47.0 Å². The highest BCUT2D eigenvalue weighted by Gasteiger charge is 2.15. The number of ether oxygens (including phenoxy) is 1. The molecule has 0 aliphatic heterocycles. The van der Waals surface area contributed by atoms with Gasteiger partial charge in [0.1, 0.15) is 11.9 Å². The summed E-state index contributed by atoms with van der Waals surface area (Å²) in [7, 11) is 3.49. The summed E-state index contributed by atoms with van der Waals surface area (Å²) in [6.07, 6.45) is 1.49. The van der Waals surface area contributed by atoms with E-state index in [1.54, 1.807) is 13.3 Å². The maximum Gasteiger partial charge on any atom is 0.164 e. The van der Waals surface area contributed by atoms with Crippen LogP contribution in [-0.4, -0.2) is 24.1 Å². The fourth-order valence-electron chi connectivity index (χ4n) is 1.66. The molecule has 4 nitrogen and oxygen atoms in total. The zero-order valence-electron chi connectivity index (χ0n) is 9.92. The second-order valence-corrected chi connectivity index (χ2v) is 3.58. The lowest BCUT2D eigenvalue weighted by atomic mass is 10.1. The molecule has 0 saturated carbocycles. The average Bonchev–Trinajstić information content (AvgIpc) is 2.41. The molecule has 1 heterocycles. The Balaban J connectivity index is 2.35. The van der Waals surface area contributed by atoms with Crippen LogP contribution < -0.4 is 5.32 Å². The Hall–Kier alpha value is -1.94. The summed E-state index contributed by atoms with van der Waals surface area (Å²) in [6.45, 7) is 0. The van der Waals surface area contributed by atoms with Crippen LogP contribution in [0.5, 0.6) is 0 Å². The molecule has 1 aromatic heterocycles.